The van der Waals surface area contributed by atoms with E-state index in [4.69, 9.17) is 4.74 Å². The Morgan fingerprint density at radius 3 is 2.63 bits per heavy atom. The predicted molar refractivity (Wildman–Crippen MR) is 100 cm³/mol. The van der Waals surface area contributed by atoms with Gasteiger partial charge in [0.05, 0.1) is 18.8 Å². The Kier molecular flexibility index (Phi) is 3.69. The van der Waals surface area contributed by atoms with Crippen molar-refractivity contribution in [2.24, 2.45) is 5.10 Å². The highest BCUT2D eigenvalue weighted by Gasteiger charge is 2.13. The lowest BCUT2D eigenvalue weighted by atomic mass is 10.2. The monoisotopic (exact) mass is 366 g/mol. The maximum absolute atomic E-state index is 12.7. The molecule has 0 saturated carbocycles. The van der Waals surface area contributed by atoms with Gasteiger partial charge in [-0.1, -0.05) is 0 Å². The number of fused-ring (bicyclic) bond motifs is 3. The van der Waals surface area contributed by atoms with Gasteiger partial charge >= 0.3 is 11.2 Å². The Balaban J connectivity index is 1.89. The second kappa shape index (κ2) is 6.06. The van der Waals surface area contributed by atoms with Crippen LogP contribution in [0.4, 0.5) is 0 Å². The lowest BCUT2D eigenvalue weighted by Crippen LogP contribution is -2.32. The summed E-state index contributed by atoms with van der Waals surface area (Å²) in [6.07, 6.45) is 1.16. The minimum absolute atomic E-state index is 0.116. The third-order valence-electron chi connectivity index (χ3n) is 4.16. The van der Waals surface area contributed by atoms with Gasteiger partial charge in [0, 0.05) is 22.5 Å². The molecule has 0 amide bonds. The molecule has 0 bridgehead atoms. The van der Waals surface area contributed by atoms with Crippen molar-refractivity contribution in [2.45, 2.75) is 0 Å². The van der Waals surface area contributed by atoms with E-state index < -0.39 is 11.2 Å². The second-order valence-corrected chi connectivity index (χ2v) is 5.82. The van der Waals surface area contributed by atoms with Crippen LogP contribution in [0.1, 0.15) is 5.56 Å². The van der Waals surface area contributed by atoms with Gasteiger partial charge in [-0.3, -0.25) is 4.79 Å². The first-order valence-corrected chi connectivity index (χ1v) is 7.89. The summed E-state index contributed by atoms with van der Waals surface area (Å²) >= 11 is 0. The van der Waals surface area contributed by atoms with E-state index in [1.807, 2.05) is 0 Å². The normalized spacial score (nSPS) is 11.6. The fourth-order valence-electron chi connectivity index (χ4n) is 2.81. The first-order valence-electron chi connectivity index (χ1n) is 7.89. The Morgan fingerprint density at radius 2 is 1.89 bits per heavy atom. The largest absolute Gasteiger partial charge is 0.508 e. The lowest BCUT2D eigenvalue weighted by Gasteiger charge is -2.01. The van der Waals surface area contributed by atoms with Crippen molar-refractivity contribution in [3.8, 4) is 17.2 Å². The summed E-state index contributed by atoms with van der Waals surface area (Å²) in [5.41, 5.74) is 0.0731. The standard InChI is InChI=1S/C18H14N4O5/c1-27-11-4-5-13-12(7-11)15-16(20-13)17(25)22(18(26)21-15)19-8-9-2-3-10(23)6-14(9)24/h2-8,20,23-24H,1H3,(H,21,26)/b19-8+. The van der Waals surface area contributed by atoms with Crippen molar-refractivity contribution in [2.75, 3.05) is 7.11 Å². The van der Waals surface area contributed by atoms with E-state index in [9.17, 15) is 19.8 Å². The summed E-state index contributed by atoms with van der Waals surface area (Å²) < 4.78 is 5.83. The summed E-state index contributed by atoms with van der Waals surface area (Å²) in [5.74, 6) is 0.242. The third-order valence-corrected chi connectivity index (χ3v) is 4.16. The summed E-state index contributed by atoms with van der Waals surface area (Å²) in [4.78, 5) is 30.7. The number of phenols is 2. The maximum Gasteiger partial charge on any atom is 0.350 e. The van der Waals surface area contributed by atoms with Gasteiger partial charge in [0.15, 0.2) is 0 Å². The number of rotatable bonds is 3. The smallest absolute Gasteiger partial charge is 0.350 e. The number of aromatic amines is 2. The van der Waals surface area contributed by atoms with Gasteiger partial charge in [0.1, 0.15) is 22.8 Å². The molecule has 9 nitrogen and oxygen atoms in total. The molecule has 0 atom stereocenters. The number of benzene rings is 2. The van der Waals surface area contributed by atoms with Crippen molar-refractivity contribution in [1.82, 2.24) is 14.6 Å². The fourth-order valence-corrected chi connectivity index (χ4v) is 2.81. The number of hydrogen-bond acceptors (Lipinski definition) is 6. The van der Waals surface area contributed by atoms with Crippen LogP contribution in [0.5, 0.6) is 17.2 Å². The zero-order valence-corrected chi connectivity index (χ0v) is 14.1. The lowest BCUT2D eigenvalue weighted by molar-refractivity contribution is 0.415. The molecule has 0 aliphatic heterocycles. The summed E-state index contributed by atoms with van der Waals surface area (Å²) in [5, 5.41) is 23.6. The SMILES string of the molecule is COc1ccc2[nH]c3c(=O)n(/N=C/c4ccc(O)cc4O)c(=O)[nH]c3c2c1. The van der Waals surface area contributed by atoms with E-state index in [0.29, 0.717) is 26.8 Å². The number of methoxy groups -OCH3 is 1. The van der Waals surface area contributed by atoms with Gasteiger partial charge in [-0.25, -0.2) is 4.79 Å². The molecule has 136 valence electrons. The minimum Gasteiger partial charge on any atom is -0.508 e. The average Bonchev–Trinajstić information content (AvgIpc) is 3.01. The van der Waals surface area contributed by atoms with Gasteiger partial charge in [-0.15, -0.1) is 4.68 Å². The molecule has 27 heavy (non-hydrogen) atoms. The first-order chi connectivity index (χ1) is 13.0. The second-order valence-electron chi connectivity index (χ2n) is 5.82. The van der Waals surface area contributed by atoms with Crippen LogP contribution in [0.25, 0.3) is 21.9 Å². The predicted octanol–water partition coefficient (Wildman–Crippen LogP) is 1.47. The topological polar surface area (TPSA) is 133 Å². The van der Waals surface area contributed by atoms with E-state index in [1.54, 1.807) is 18.2 Å². The van der Waals surface area contributed by atoms with E-state index >= 15 is 0 Å². The van der Waals surface area contributed by atoms with Gasteiger partial charge in [-0.05, 0) is 30.3 Å². The molecule has 2 heterocycles. The summed E-state index contributed by atoms with van der Waals surface area (Å²) in [7, 11) is 1.53. The van der Waals surface area contributed by atoms with E-state index in [-0.39, 0.29) is 22.6 Å². The molecule has 2 aromatic heterocycles. The molecular formula is C18H14N4O5. The quantitative estimate of drug-likeness (QED) is 0.408. The Labute approximate surface area is 150 Å². The highest BCUT2D eigenvalue weighted by Crippen LogP contribution is 2.25. The third kappa shape index (κ3) is 2.71. The molecule has 0 aliphatic carbocycles. The molecule has 0 unspecified atom stereocenters. The van der Waals surface area contributed by atoms with Crippen LogP contribution in [0.3, 0.4) is 0 Å². The number of phenolic OH excluding ortho intramolecular Hbond substituents is 2. The van der Waals surface area contributed by atoms with Crippen molar-refractivity contribution in [3.05, 3.63) is 62.8 Å². The van der Waals surface area contributed by atoms with E-state index in [2.05, 4.69) is 15.1 Å². The molecule has 0 saturated heterocycles. The first kappa shape index (κ1) is 16.5. The highest BCUT2D eigenvalue weighted by atomic mass is 16.5. The molecule has 2 aromatic carbocycles. The number of nitrogens with one attached hydrogen (secondary N) is 2. The number of nitrogens with zero attached hydrogens (tertiary/aromatic N) is 2. The number of hydrogen-bond donors (Lipinski definition) is 4. The zero-order valence-electron chi connectivity index (χ0n) is 14.1. The van der Waals surface area contributed by atoms with Gasteiger partial charge in [0.2, 0.25) is 0 Å². The molecule has 0 fully saturated rings. The van der Waals surface area contributed by atoms with Crippen LogP contribution in [0.2, 0.25) is 0 Å². The van der Waals surface area contributed by atoms with Crippen molar-refractivity contribution in [1.29, 1.82) is 0 Å². The number of ether oxygens (including phenoxy) is 1. The molecular weight excluding hydrogens is 352 g/mol. The Hall–Kier alpha value is -4.01. The molecule has 4 N–H and O–H groups in total. The van der Waals surface area contributed by atoms with Crippen molar-refractivity contribution in [3.63, 3.8) is 0 Å². The maximum atomic E-state index is 12.7. The van der Waals surface area contributed by atoms with Crippen LogP contribution < -0.4 is 16.0 Å². The van der Waals surface area contributed by atoms with Crippen LogP contribution in [-0.4, -0.2) is 38.2 Å². The average molecular weight is 366 g/mol. The van der Waals surface area contributed by atoms with Gasteiger partial charge in [0.25, 0.3) is 0 Å². The van der Waals surface area contributed by atoms with Crippen LogP contribution in [-0.2, 0) is 0 Å². The molecule has 9 heteroatoms. The zero-order chi connectivity index (χ0) is 19.1. The molecule has 4 rings (SSSR count). The van der Waals surface area contributed by atoms with Crippen LogP contribution in [0.15, 0.2) is 51.1 Å². The molecule has 0 aliphatic rings. The van der Waals surface area contributed by atoms with Crippen LogP contribution in [0, 0.1) is 0 Å². The highest BCUT2D eigenvalue weighted by molar-refractivity contribution is 6.04. The Bertz CT molecular complexity index is 1330. The van der Waals surface area contributed by atoms with Gasteiger partial charge in [-0.2, -0.15) is 5.10 Å². The Morgan fingerprint density at radius 1 is 1.07 bits per heavy atom. The summed E-state index contributed by atoms with van der Waals surface area (Å²) in [6, 6.07) is 9.08. The van der Waals surface area contributed by atoms with Crippen molar-refractivity contribution < 1.29 is 14.9 Å². The number of aromatic nitrogens is 3. The minimum atomic E-state index is -0.731. The van der Waals surface area contributed by atoms with Crippen molar-refractivity contribution >= 4 is 28.2 Å². The number of aromatic hydroxyl groups is 2. The van der Waals surface area contributed by atoms with Crippen LogP contribution >= 0.6 is 0 Å². The molecule has 0 radical (unpaired) electrons. The molecule has 4 aromatic rings. The number of H-pyrrole nitrogens is 2. The van der Waals surface area contributed by atoms with E-state index in [1.165, 1.54) is 19.2 Å². The fraction of sp³-hybridized carbons (Fsp3) is 0.0556. The molecule has 0 spiro atoms. The summed E-state index contributed by atoms with van der Waals surface area (Å²) in [6.45, 7) is 0. The van der Waals surface area contributed by atoms with E-state index in [0.717, 1.165) is 12.3 Å². The van der Waals surface area contributed by atoms with Gasteiger partial charge < -0.3 is 24.9 Å².